The Morgan fingerprint density at radius 1 is 1.35 bits per heavy atom. The van der Waals surface area contributed by atoms with Crippen molar-refractivity contribution in [3.8, 4) is 11.5 Å². The predicted octanol–water partition coefficient (Wildman–Crippen LogP) is 0.347. The van der Waals surface area contributed by atoms with Crippen molar-refractivity contribution in [2.75, 3.05) is 13.2 Å². The molecule has 3 atom stereocenters. The maximum absolute atomic E-state index is 12.6. The van der Waals surface area contributed by atoms with E-state index in [9.17, 15) is 30.0 Å². The lowest BCUT2D eigenvalue weighted by atomic mass is 9.64. The second-order valence-electron chi connectivity index (χ2n) is 6.33. The van der Waals surface area contributed by atoms with E-state index in [0.29, 0.717) is 0 Å². The number of esters is 1. The van der Waals surface area contributed by atoms with Crippen LogP contribution in [0.4, 0.5) is 0 Å². The summed E-state index contributed by atoms with van der Waals surface area (Å²) in [6.07, 6.45) is -0.738. The van der Waals surface area contributed by atoms with Crippen LogP contribution in [0.15, 0.2) is 18.2 Å². The minimum absolute atomic E-state index is 0.104. The van der Waals surface area contributed by atoms with Gasteiger partial charge in [-0.25, -0.2) is 0 Å². The molecule has 0 bridgehead atoms. The number of hydrogen-bond donors (Lipinski definition) is 4. The number of aliphatic hydroxyl groups is 2. The molecule has 124 valence electrons. The van der Waals surface area contributed by atoms with Crippen LogP contribution >= 0.6 is 0 Å². The van der Waals surface area contributed by atoms with Gasteiger partial charge in [-0.1, -0.05) is 0 Å². The average molecular weight is 322 g/mol. The smallest absolute Gasteiger partial charge is 0.313 e. The van der Waals surface area contributed by atoms with Crippen molar-refractivity contribution in [1.29, 1.82) is 0 Å². The Kier molecular flexibility index (Phi) is 3.57. The van der Waals surface area contributed by atoms with Crippen LogP contribution in [-0.2, 0) is 9.53 Å². The van der Waals surface area contributed by atoms with E-state index in [4.69, 9.17) is 4.74 Å². The lowest BCUT2D eigenvalue weighted by Gasteiger charge is -2.35. The number of aromatic hydroxyl groups is 2. The molecule has 0 spiro atoms. The van der Waals surface area contributed by atoms with Crippen molar-refractivity contribution in [2.24, 2.45) is 10.8 Å². The number of ether oxygens (including phenoxy) is 1. The first kappa shape index (κ1) is 15.8. The predicted molar refractivity (Wildman–Crippen MR) is 76.9 cm³/mol. The molecule has 1 aromatic rings. The molecule has 2 fully saturated rings. The molecule has 1 saturated carbocycles. The average Bonchev–Trinajstić information content (AvgIpc) is 2.96. The van der Waals surface area contributed by atoms with Gasteiger partial charge >= 0.3 is 5.97 Å². The Morgan fingerprint density at radius 3 is 2.78 bits per heavy atom. The van der Waals surface area contributed by atoms with Gasteiger partial charge in [-0.3, -0.25) is 9.59 Å². The molecular weight excluding hydrogens is 304 g/mol. The molecule has 7 nitrogen and oxygen atoms in total. The van der Waals surface area contributed by atoms with Crippen LogP contribution in [0.1, 0.15) is 29.6 Å². The Morgan fingerprint density at radius 2 is 2.09 bits per heavy atom. The summed E-state index contributed by atoms with van der Waals surface area (Å²) in [4.78, 5) is 24.9. The van der Waals surface area contributed by atoms with Gasteiger partial charge in [0.05, 0.1) is 29.1 Å². The molecule has 1 saturated heterocycles. The van der Waals surface area contributed by atoms with Crippen LogP contribution < -0.4 is 0 Å². The highest BCUT2D eigenvalue weighted by atomic mass is 16.5. The van der Waals surface area contributed by atoms with Gasteiger partial charge in [0.1, 0.15) is 18.1 Å². The second kappa shape index (κ2) is 5.21. The van der Waals surface area contributed by atoms with Gasteiger partial charge in [0, 0.05) is 6.42 Å². The lowest BCUT2D eigenvalue weighted by Crippen LogP contribution is -2.48. The summed E-state index contributed by atoms with van der Waals surface area (Å²) in [6.45, 7) is -0.609. The zero-order valence-electron chi connectivity index (χ0n) is 12.4. The van der Waals surface area contributed by atoms with Crippen LogP contribution in [0.25, 0.3) is 0 Å². The quantitative estimate of drug-likeness (QED) is 0.358. The molecule has 23 heavy (non-hydrogen) atoms. The van der Waals surface area contributed by atoms with E-state index in [1.54, 1.807) is 0 Å². The van der Waals surface area contributed by atoms with Crippen molar-refractivity contribution in [3.63, 3.8) is 0 Å². The van der Waals surface area contributed by atoms with Crippen LogP contribution in [0.5, 0.6) is 11.5 Å². The van der Waals surface area contributed by atoms with E-state index < -0.39 is 35.3 Å². The number of phenolic OH excluding ortho intramolecular Hbond substituents is 2. The van der Waals surface area contributed by atoms with E-state index >= 15 is 0 Å². The molecule has 2 aliphatic rings. The van der Waals surface area contributed by atoms with Gasteiger partial charge < -0.3 is 25.2 Å². The third kappa shape index (κ3) is 2.04. The fourth-order valence-electron chi connectivity index (χ4n) is 3.86. The van der Waals surface area contributed by atoms with E-state index in [1.807, 2.05) is 0 Å². The van der Waals surface area contributed by atoms with Crippen molar-refractivity contribution in [2.45, 2.75) is 25.4 Å². The number of phenols is 2. The molecule has 1 aromatic carbocycles. The summed E-state index contributed by atoms with van der Waals surface area (Å²) in [5.41, 5.74) is -2.62. The van der Waals surface area contributed by atoms with Gasteiger partial charge in [0.2, 0.25) is 0 Å². The number of cyclic esters (lactones) is 1. The molecule has 1 heterocycles. The Bertz CT molecular complexity index is 670. The number of ketones is 1. The van der Waals surface area contributed by atoms with Crippen LogP contribution in [0.2, 0.25) is 0 Å². The van der Waals surface area contributed by atoms with Crippen molar-refractivity contribution in [3.05, 3.63) is 23.8 Å². The number of Topliss-reactive ketones (excluding diaryl/α,β-unsaturated/α-hetero) is 1. The summed E-state index contributed by atoms with van der Waals surface area (Å²) in [5, 5.41) is 39.3. The molecule has 0 aromatic heterocycles. The largest absolute Gasteiger partial charge is 0.508 e. The maximum Gasteiger partial charge on any atom is 0.313 e. The first-order valence-electron chi connectivity index (χ1n) is 7.38. The van der Waals surface area contributed by atoms with Gasteiger partial charge in [-0.2, -0.15) is 0 Å². The number of carbonyl (C=O) groups is 2. The second-order valence-corrected chi connectivity index (χ2v) is 6.33. The third-order valence-corrected chi connectivity index (χ3v) is 5.31. The Balaban J connectivity index is 1.98. The molecule has 1 aliphatic carbocycles. The van der Waals surface area contributed by atoms with Gasteiger partial charge in [-0.15, -0.1) is 0 Å². The molecule has 1 aliphatic heterocycles. The number of aliphatic hydroxyl groups excluding tert-OH is 2. The highest BCUT2D eigenvalue weighted by molar-refractivity contribution is 6.02. The monoisotopic (exact) mass is 322 g/mol. The van der Waals surface area contributed by atoms with Gasteiger partial charge in [0.25, 0.3) is 0 Å². The normalized spacial score (nSPS) is 32.6. The van der Waals surface area contributed by atoms with E-state index in [-0.39, 0.29) is 42.9 Å². The fraction of sp³-hybridized carbons (Fsp3) is 0.500. The Labute approximate surface area is 132 Å². The summed E-state index contributed by atoms with van der Waals surface area (Å²) in [7, 11) is 0. The molecule has 4 N–H and O–H groups in total. The van der Waals surface area contributed by atoms with Crippen molar-refractivity contribution < 1.29 is 34.8 Å². The number of hydrogen-bond acceptors (Lipinski definition) is 7. The van der Waals surface area contributed by atoms with Gasteiger partial charge in [-0.05, 0) is 31.0 Å². The fourth-order valence-corrected chi connectivity index (χ4v) is 3.86. The molecule has 0 amide bonds. The third-order valence-electron chi connectivity index (χ3n) is 5.31. The molecule has 3 rings (SSSR count). The van der Waals surface area contributed by atoms with Crippen LogP contribution in [0.3, 0.4) is 0 Å². The van der Waals surface area contributed by atoms with Crippen LogP contribution in [-0.4, -0.2) is 51.5 Å². The lowest BCUT2D eigenvalue weighted by molar-refractivity contribution is -0.147. The molecule has 7 heteroatoms. The van der Waals surface area contributed by atoms with Crippen molar-refractivity contribution in [1.82, 2.24) is 0 Å². The van der Waals surface area contributed by atoms with Gasteiger partial charge in [0.15, 0.2) is 5.78 Å². The molecule has 0 radical (unpaired) electrons. The first-order valence-corrected chi connectivity index (χ1v) is 7.38. The summed E-state index contributed by atoms with van der Waals surface area (Å²) in [6, 6.07) is 3.56. The highest BCUT2D eigenvalue weighted by Crippen LogP contribution is 2.59. The highest BCUT2D eigenvalue weighted by Gasteiger charge is 2.69. The number of fused-ring (bicyclic) bond motifs is 1. The van der Waals surface area contributed by atoms with Crippen molar-refractivity contribution >= 4 is 11.8 Å². The minimum Gasteiger partial charge on any atom is -0.508 e. The van der Waals surface area contributed by atoms with E-state index in [0.717, 1.165) is 6.07 Å². The number of rotatable bonds is 4. The van der Waals surface area contributed by atoms with E-state index in [1.165, 1.54) is 12.1 Å². The summed E-state index contributed by atoms with van der Waals surface area (Å²) < 4.78 is 5.06. The minimum atomic E-state index is -1.31. The standard InChI is InChI=1S/C16H18O7/c17-7-16-8-23-14(22)15(16,4-3-13(16)21)6-12(20)10-5-9(18)1-2-11(10)19/h1-2,5,13,17-19,21H,3-4,6-8H2/t13-,15+,16-/m1/s1. The zero-order valence-corrected chi connectivity index (χ0v) is 12.4. The number of carbonyl (C=O) groups excluding carboxylic acids is 2. The molecular formula is C16H18O7. The topological polar surface area (TPSA) is 124 Å². The number of benzene rings is 1. The first-order chi connectivity index (χ1) is 10.9. The Hall–Kier alpha value is -2.12. The summed E-state index contributed by atoms with van der Waals surface area (Å²) >= 11 is 0. The van der Waals surface area contributed by atoms with Crippen LogP contribution in [0, 0.1) is 10.8 Å². The zero-order chi connectivity index (χ0) is 16.8. The van der Waals surface area contributed by atoms with E-state index in [2.05, 4.69) is 0 Å². The SMILES string of the molecule is O=C(C[C@]12CC[C@@H](O)[C@@]1(CO)COC2=O)c1cc(O)ccc1O. The maximum atomic E-state index is 12.6. The summed E-state index contributed by atoms with van der Waals surface area (Å²) in [5.74, 6) is -1.65. The molecule has 0 unspecified atom stereocenters.